The summed E-state index contributed by atoms with van der Waals surface area (Å²) in [5, 5.41) is 0. The highest BCUT2D eigenvalue weighted by Crippen LogP contribution is 2.33. The van der Waals surface area contributed by atoms with Gasteiger partial charge in [0.15, 0.2) is 5.65 Å². The van der Waals surface area contributed by atoms with Gasteiger partial charge in [0, 0.05) is 31.0 Å². The molecule has 0 spiro atoms. The van der Waals surface area contributed by atoms with Gasteiger partial charge in [-0.1, -0.05) is 0 Å². The lowest BCUT2D eigenvalue weighted by Crippen LogP contribution is -2.33. The molecule has 2 unspecified atom stereocenters. The van der Waals surface area contributed by atoms with Crippen LogP contribution < -0.4 is 0 Å². The van der Waals surface area contributed by atoms with E-state index in [1.54, 1.807) is 0 Å². The average molecular weight is 316 g/mol. The standard InChI is InChI=1S/C17H24N4S/c1-20-8-3-4-13(11-20)10-16-19-15-5-2-7-18-17(15)21(16)14-6-9-22-12-14/h2,5,7,13-14H,3-4,6,8-12H2,1H3. The van der Waals surface area contributed by atoms with Gasteiger partial charge in [-0.15, -0.1) is 0 Å². The number of fused-ring (bicyclic) bond motifs is 1. The fraction of sp³-hybridized carbons (Fsp3) is 0.647. The smallest absolute Gasteiger partial charge is 0.160 e. The molecule has 2 fully saturated rings. The van der Waals surface area contributed by atoms with E-state index in [9.17, 15) is 0 Å². The number of pyridine rings is 1. The number of rotatable bonds is 3. The van der Waals surface area contributed by atoms with Gasteiger partial charge in [-0.2, -0.15) is 11.8 Å². The predicted molar refractivity (Wildman–Crippen MR) is 92.4 cm³/mol. The van der Waals surface area contributed by atoms with Crippen molar-refractivity contribution in [3.05, 3.63) is 24.2 Å². The molecule has 2 aliphatic heterocycles. The highest BCUT2D eigenvalue weighted by Gasteiger charge is 2.26. The molecule has 0 amide bonds. The van der Waals surface area contributed by atoms with Crippen molar-refractivity contribution in [1.29, 1.82) is 0 Å². The summed E-state index contributed by atoms with van der Waals surface area (Å²) in [6.45, 7) is 2.45. The van der Waals surface area contributed by atoms with Crippen molar-refractivity contribution in [2.24, 2.45) is 5.92 Å². The van der Waals surface area contributed by atoms with Gasteiger partial charge in [-0.05, 0) is 56.7 Å². The van der Waals surface area contributed by atoms with Crippen LogP contribution in [0.25, 0.3) is 11.2 Å². The quantitative estimate of drug-likeness (QED) is 0.872. The monoisotopic (exact) mass is 316 g/mol. The van der Waals surface area contributed by atoms with Crippen molar-refractivity contribution in [3.8, 4) is 0 Å². The Kier molecular flexibility index (Phi) is 4.09. The number of nitrogens with zero attached hydrogens (tertiary/aromatic N) is 4. The highest BCUT2D eigenvalue weighted by atomic mass is 32.2. The van der Waals surface area contributed by atoms with Gasteiger partial charge in [-0.25, -0.2) is 9.97 Å². The zero-order chi connectivity index (χ0) is 14.9. The number of likely N-dealkylation sites (tertiary alicyclic amines) is 1. The fourth-order valence-corrected chi connectivity index (χ4v) is 5.12. The lowest BCUT2D eigenvalue weighted by molar-refractivity contribution is 0.206. The van der Waals surface area contributed by atoms with Crippen molar-refractivity contribution in [1.82, 2.24) is 19.4 Å². The van der Waals surface area contributed by atoms with Crippen LogP contribution >= 0.6 is 11.8 Å². The summed E-state index contributed by atoms with van der Waals surface area (Å²) < 4.78 is 2.46. The Balaban J connectivity index is 1.68. The SMILES string of the molecule is CN1CCCC(Cc2nc3cccnc3n2C2CCSC2)C1. The third-order valence-corrected chi connectivity index (χ3v) is 6.13. The van der Waals surface area contributed by atoms with E-state index in [1.165, 1.54) is 49.7 Å². The van der Waals surface area contributed by atoms with E-state index in [0.29, 0.717) is 6.04 Å². The Labute approximate surface area is 136 Å². The van der Waals surface area contributed by atoms with E-state index in [4.69, 9.17) is 4.98 Å². The van der Waals surface area contributed by atoms with Crippen LogP contribution in [0.2, 0.25) is 0 Å². The summed E-state index contributed by atoms with van der Waals surface area (Å²) in [5.74, 6) is 4.48. The van der Waals surface area contributed by atoms with E-state index >= 15 is 0 Å². The second kappa shape index (κ2) is 6.20. The summed E-state index contributed by atoms with van der Waals surface area (Å²) in [7, 11) is 2.24. The van der Waals surface area contributed by atoms with Gasteiger partial charge < -0.3 is 9.47 Å². The van der Waals surface area contributed by atoms with Gasteiger partial charge in [-0.3, -0.25) is 0 Å². The number of piperidine rings is 1. The maximum Gasteiger partial charge on any atom is 0.160 e. The number of hydrogen-bond acceptors (Lipinski definition) is 4. The lowest BCUT2D eigenvalue weighted by Gasteiger charge is -2.29. The highest BCUT2D eigenvalue weighted by molar-refractivity contribution is 7.99. The van der Waals surface area contributed by atoms with Crippen molar-refractivity contribution < 1.29 is 0 Å². The van der Waals surface area contributed by atoms with Gasteiger partial charge in [0.2, 0.25) is 0 Å². The molecule has 22 heavy (non-hydrogen) atoms. The van der Waals surface area contributed by atoms with Crippen LogP contribution in [-0.4, -0.2) is 51.1 Å². The Morgan fingerprint density at radius 1 is 1.36 bits per heavy atom. The number of thioether (sulfide) groups is 1. The van der Waals surface area contributed by atoms with E-state index in [-0.39, 0.29) is 0 Å². The van der Waals surface area contributed by atoms with Crippen molar-refractivity contribution in [2.75, 3.05) is 31.6 Å². The normalized spacial score (nSPS) is 26.8. The van der Waals surface area contributed by atoms with E-state index in [1.807, 2.05) is 12.3 Å². The Bertz CT molecular complexity index is 647. The van der Waals surface area contributed by atoms with Crippen molar-refractivity contribution >= 4 is 22.9 Å². The van der Waals surface area contributed by atoms with E-state index in [0.717, 1.165) is 23.5 Å². The molecule has 2 aromatic heterocycles. The summed E-state index contributed by atoms with van der Waals surface area (Å²) in [6, 6.07) is 4.69. The molecule has 5 heteroatoms. The first-order valence-electron chi connectivity index (χ1n) is 8.39. The molecule has 2 saturated heterocycles. The summed E-state index contributed by atoms with van der Waals surface area (Å²) in [4.78, 5) is 12.0. The number of imidazole rings is 1. The van der Waals surface area contributed by atoms with Crippen LogP contribution in [0, 0.1) is 5.92 Å². The van der Waals surface area contributed by atoms with Crippen LogP contribution in [0.5, 0.6) is 0 Å². The topological polar surface area (TPSA) is 34.0 Å². The Morgan fingerprint density at radius 3 is 3.14 bits per heavy atom. The predicted octanol–water partition coefficient (Wildman–Crippen LogP) is 2.99. The van der Waals surface area contributed by atoms with Gasteiger partial charge in [0.05, 0.1) is 0 Å². The largest absolute Gasteiger partial charge is 0.309 e. The maximum absolute atomic E-state index is 4.95. The van der Waals surface area contributed by atoms with E-state index in [2.05, 4.69) is 39.3 Å². The minimum Gasteiger partial charge on any atom is -0.309 e. The van der Waals surface area contributed by atoms with Crippen molar-refractivity contribution in [2.45, 2.75) is 31.7 Å². The Hall–Kier alpha value is -1.07. The average Bonchev–Trinajstić information content (AvgIpc) is 3.13. The molecule has 2 aliphatic rings. The maximum atomic E-state index is 4.95. The third-order valence-electron chi connectivity index (χ3n) is 4.99. The number of aromatic nitrogens is 3. The first-order chi connectivity index (χ1) is 10.8. The summed E-state index contributed by atoms with van der Waals surface area (Å²) >= 11 is 2.06. The molecule has 0 saturated carbocycles. The fourth-order valence-electron chi connectivity index (χ4n) is 3.93. The first kappa shape index (κ1) is 14.5. The Morgan fingerprint density at radius 2 is 2.32 bits per heavy atom. The first-order valence-corrected chi connectivity index (χ1v) is 9.55. The second-order valence-corrected chi connectivity index (χ2v) is 7.89. The lowest BCUT2D eigenvalue weighted by atomic mass is 9.95. The molecule has 4 heterocycles. The third kappa shape index (κ3) is 2.76. The molecule has 4 nitrogen and oxygen atoms in total. The molecule has 0 radical (unpaired) electrons. The second-order valence-electron chi connectivity index (χ2n) is 6.74. The van der Waals surface area contributed by atoms with E-state index < -0.39 is 0 Å². The zero-order valence-corrected chi connectivity index (χ0v) is 14.1. The van der Waals surface area contributed by atoms with Gasteiger partial charge >= 0.3 is 0 Å². The molecule has 4 rings (SSSR count). The van der Waals surface area contributed by atoms with Crippen LogP contribution in [0.4, 0.5) is 0 Å². The van der Waals surface area contributed by atoms with Gasteiger partial charge in [0.1, 0.15) is 11.3 Å². The molecule has 0 aromatic carbocycles. The molecular weight excluding hydrogens is 292 g/mol. The molecule has 0 N–H and O–H groups in total. The zero-order valence-electron chi connectivity index (χ0n) is 13.2. The van der Waals surface area contributed by atoms with Crippen LogP contribution in [0.3, 0.4) is 0 Å². The molecule has 2 aromatic rings. The van der Waals surface area contributed by atoms with Crippen LogP contribution in [0.15, 0.2) is 18.3 Å². The molecule has 0 bridgehead atoms. The van der Waals surface area contributed by atoms with Crippen LogP contribution in [-0.2, 0) is 6.42 Å². The number of hydrogen-bond donors (Lipinski definition) is 0. The molecule has 118 valence electrons. The minimum absolute atomic E-state index is 0.584. The molecule has 0 aliphatic carbocycles. The minimum atomic E-state index is 0.584. The summed E-state index contributed by atoms with van der Waals surface area (Å²) in [5.41, 5.74) is 2.16. The molecule has 2 atom stereocenters. The van der Waals surface area contributed by atoms with Gasteiger partial charge in [0.25, 0.3) is 0 Å². The van der Waals surface area contributed by atoms with Crippen molar-refractivity contribution in [3.63, 3.8) is 0 Å². The summed E-state index contributed by atoms with van der Waals surface area (Å²) in [6.07, 6.45) is 6.91. The van der Waals surface area contributed by atoms with Crippen LogP contribution in [0.1, 0.15) is 31.1 Å². The molecular formula is C17H24N4S.